The van der Waals surface area contributed by atoms with E-state index in [0.29, 0.717) is 23.8 Å². The van der Waals surface area contributed by atoms with Crippen molar-refractivity contribution >= 4 is 23.4 Å². The zero-order valence-corrected chi connectivity index (χ0v) is 10.8. The first-order chi connectivity index (χ1) is 8.65. The van der Waals surface area contributed by atoms with Crippen LogP contribution in [0.3, 0.4) is 0 Å². The molecular formula is C12H15ClN2O3. The van der Waals surface area contributed by atoms with Crippen molar-refractivity contribution in [3.05, 3.63) is 34.9 Å². The molecule has 6 heteroatoms. The van der Waals surface area contributed by atoms with Crippen LogP contribution in [0.2, 0.25) is 5.02 Å². The summed E-state index contributed by atoms with van der Waals surface area (Å²) in [5.41, 5.74) is 4.89. The molecule has 0 aliphatic rings. The molecule has 0 aliphatic carbocycles. The van der Waals surface area contributed by atoms with Gasteiger partial charge in [-0.15, -0.1) is 0 Å². The van der Waals surface area contributed by atoms with Crippen molar-refractivity contribution in [2.75, 3.05) is 13.2 Å². The number of rotatable bonds is 5. The van der Waals surface area contributed by atoms with Crippen molar-refractivity contribution in [1.82, 2.24) is 10.9 Å². The standard InChI is InChI=1S/C12H15ClN2O3/c1-2-18-8-7-11(16)14-15-12(17)9-5-3-4-6-10(9)13/h3-6H,2,7-8H2,1H3,(H,14,16)(H,15,17). The van der Waals surface area contributed by atoms with Gasteiger partial charge in [-0.25, -0.2) is 0 Å². The van der Waals surface area contributed by atoms with Crippen LogP contribution in [0.25, 0.3) is 0 Å². The largest absolute Gasteiger partial charge is 0.381 e. The van der Waals surface area contributed by atoms with E-state index in [0.717, 1.165) is 0 Å². The molecule has 0 heterocycles. The quantitative estimate of drug-likeness (QED) is 0.630. The van der Waals surface area contributed by atoms with E-state index in [1.54, 1.807) is 24.3 Å². The smallest absolute Gasteiger partial charge is 0.271 e. The fourth-order valence-corrected chi connectivity index (χ4v) is 1.43. The second-order valence-corrected chi connectivity index (χ2v) is 3.84. The lowest BCUT2D eigenvalue weighted by Gasteiger charge is -2.08. The highest BCUT2D eigenvalue weighted by atomic mass is 35.5. The zero-order chi connectivity index (χ0) is 13.4. The van der Waals surface area contributed by atoms with Gasteiger partial charge in [-0.1, -0.05) is 23.7 Å². The molecule has 18 heavy (non-hydrogen) atoms. The third kappa shape index (κ3) is 4.73. The molecule has 0 unspecified atom stereocenters. The number of hydrogen-bond donors (Lipinski definition) is 2. The van der Waals surface area contributed by atoms with E-state index in [-0.39, 0.29) is 12.3 Å². The van der Waals surface area contributed by atoms with E-state index in [4.69, 9.17) is 16.3 Å². The van der Waals surface area contributed by atoms with Gasteiger partial charge in [0.2, 0.25) is 5.91 Å². The monoisotopic (exact) mass is 270 g/mol. The molecule has 1 rings (SSSR count). The van der Waals surface area contributed by atoms with Crippen LogP contribution < -0.4 is 10.9 Å². The highest BCUT2D eigenvalue weighted by Crippen LogP contribution is 2.13. The summed E-state index contributed by atoms with van der Waals surface area (Å²) < 4.78 is 5.02. The Labute approximate surface area is 110 Å². The third-order valence-corrected chi connectivity index (χ3v) is 2.44. The fraction of sp³-hybridized carbons (Fsp3) is 0.333. The molecule has 0 radical (unpaired) electrons. The van der Waals surface area contributed by atoms with Crippen LogP contribution >= 0.6 is 11.6 Å². The number of halogens is 1. The van der Waals surface area contributed by atoms with Crippen LogP contribution in [-0.4, -0.2) is 25.0 Å². The molecule has 0 aliphatic heterocycles. The highest BCUT2D eigenvalue weighted by molar-refractivity contribution is 6.33. The van der Waals surface area contributed by atoms with Crippen molar-refractivity contribution in [1.29, 1.82) is 0 Å². The second-order valence-electron chi connectivity index (χ2n) is 3.43. The van der Waals surface area contributed by atoms with Gasteiger partial charge in [0.1, 0.15) is 0 Å². The Kier molecular flexibility index (Phi) is 6.18. The normalized spacial score (nSPS) is 9.89. The van der Waals surface area contributed by atoms with Crippen molar-refractivity contribution in [2.45, 2.75) is 13.3 Å². The molecule has 2 N–H and O–H groups in total. The van der Waals surface area contributed by atoms with E-state index < -0.39 is 5.91 Å². The SMILES string of the molecule is CCOCCC(=O)NNC(=O)c1ccccc1Cl. The van der Waals surface area contributed by atoms with Crippen molar-refractivity contribution in [2.24, 2.45) is 0 Å². The van der Waals surface area contributed by atoms with Crippen LogP contribution in [0.15, 0.2) is 24.3 Å². The lowest BCUT2D eigenvalue weighted by molar-refractivity contribution is -0.122. The summed E-state index contributed by atoms with van der Waals surface area (Å²) in [6, 6.07) is 6.59. The zero-order valence-electron chi connectivity index (χ0n) is 10.0. The third-order valence-electron chi connectivity index (χ3n) is 2.11. The average Bonchev–Trinajstić information content (AvgIpc) is 2.37. The van der Waals surface area contributed by atoms with Gasteiger partial charge in [-0.3, -0.25) is 20.4 Å². The molecule has 98 valence electrons. The number of ether oxygens (including phenoxy) is 1. The number of benzene rings is 1. The number of carbonyl (C=O) groups excluding carboxylic acids is 2. The summed E-state index contributed by atoms with van der Waals surface area (Å²) in [5, 5.41) is 0.332. The van der Waals surface area contributed by atoms with Crippen LogP contribution in [0.4, 0.5) is 0 Å². The van der Waals surface area contributed by atoms with Crippen LogP contribution in [0, 0.1) is 0 Å². The van der Waals surface area contributed by atoms with Crippen LogP contribution in [-0.2, 0) is 9.53 Å². The fourth-order valence-electron chi connectivity index (χ4n) is 1.21. The topological polar surface area (TPSA) is 67.4 Å². The van der Waals surface area contributed by atoms with Crippen molar-refractivity contribution in [3.63, 3.8) is 0 Å². The summed E-state index contributed by atoms with van der Waals surface area (Å²) in [5.74, 6) is -0.769. The molecule has 5 nitrogen and oxygen atoms in total. The minimum Gasteiger partial charge on any atom is -0.381 e. The number of nitrogens with one attached hydrogen (secondary N) is 2. The Morgan fingerprint density at radius 1 is 1.28 bits per heavy atom. The summed E-state index contributed by atoms with van der Waals surface area (Å²) in [7, 11) is 0. The Morgan fingerprint density at radius 2 is 2.00 bits per heavy atom. The molecular weight excluding hydrogens is 256 g/mol. The van der Waals surface area contributed by atoms with Gasteiger partial charge in [0, 0.05) is 6.61 Å². The van der Waals surface area contributed by atoms with Gasteiger partial charge < -0.3 is 4.74 Å². The van der Waals surface area contributed by atoms with Gasteiger partial charge in [-0.05, 0) is 19.1 Å². The minimum absolute atomic E-state index is 0.191. The molecule has 0 fully saturated rings. The van der Waals surface area contributed by atoms with Gasteiger partial charge in [-0.2, -0.15) is 0 Å². The molecule has 2 amide bonds. The molecule has 1 aromatic carbocycles. The van der Waals surface area contributed by atoms with Gasteiger partial charge in [0.15, 0.2) is 0 Å². The Morgan fingerprint density at radius 3 is 2.67 bits per heavy atom. The first kappa shape index (κ1) is 14.5. The summed E-state index contributed by atoms with van der Waals surface area (Å²) in [6.07, 6.45) is 0.191. The summed E-state index contributed by atoms with van der Waals surface area (Å²) >= 11 is 5.84. The van der Waals surface area contributed by atoms with Crippen LogP contribution in [0.5, 0.6) is 0 Å². The maximum Gasteiger partial charge on any atom is 0.271 e. The van der Waals surface area contributed by atoms with Gasteiger partial charge in [0.25, 0.3) is 5.91 Å². The molecule has 0 aromatic heterocycles. The van der Waals surface area contributed by atoms with Crippen molar-refractivity contribution < 1.29 is 14.3 Å². The van der Waals surface area contributed by atoms with E-state index in [2.05, 4.69) is 10.9 Å². The molecule has 0 saturated heterocycles. The molecule has 1 aromatic rings. The summed E-state index contributed by atoms with van der Waals surface area (Å²) in [4.78, 5) is 23.0. The first-order valence-electron chi connectivity index (χ1n) is 5.56. The predicted octanol–water partition coefficient (Wildman–Crippen LogP) is 1.53. The van der Waals surface area contributed by atoms with E-state index in [1.165, 1.54) is 0 Å². The number of amides is 2. The maximum absolute atomic E-state index is 11.7. The lowest BCUT2D eigenvalue weighted by atomic mass is 10.2. The molecule has 0 bridgehead atoms. The molecule has 0 atom stereocenters. The first-order valence-corrected chi connectivity index (χ1v) is 5.94. The lowest BCUT2D eigenvalue weighted by Crippen LogP contribution is -2.42. The number of carbonyl (C=O) groups is 2. The van der Waals surface area contributed by atoms with Gasteiger partial charge >= 0.3 is 0 Å². The second kappa shape index (κ2) is 7.68. The minimum atomic E-state index is -0.453. The Bertz CT molecular complexity index is 424. The van der Waals surface area contributed by atoms with Crippen LogP contribution in [0.1, 0.15) is 23.7 Å². The van der Waals surface area contributed by atoms with Crippen molar-refractivity contribution in [3.8, 4) is 0 Å². The van der Waals surface area contributed by atoms with E-state index in [1.807, 2.05) is 6.92 Å². The summed E-state index contributed by atoms with van der Waals surface area (Å²) in [6.45, 7) is 2.72. The predicted molar refractivity (Wildman–Crippen MR) is 68.2 cm³/mol. The van der Waals surface area contributed by atoms with E-state index in [9.17, 15) is 9.59 Å². The molecule has 0 saturated carbocycles. The number of hydrogen-bond acceptors (Lipinski definition) is 3. The average molecular weight is 271 g/mol. The Hall–Kier alpha value is -1.59. The number of hydrazine groups is 1. The Balaban J connectivity index is 2.38. The maximum atomic E-state index is 11.7. The molecule has 0 spiro atoms. The highest BCUT2D eigenvalue weighted by Gasteiger charge is 2.10. The van der Waals surface area contributed by atoms with Gasteiger partial charge in [0.05, 0.1) is 23.6 Å². The van der Waals surface area contributed by atoms with E-state index >= 15 is 0 Å².